The highest BCUT2D eigenvalue weighted by Gasteiger charge is 2.28. The predicted octanol–water partition coefficient (Wildman–Crippen LogP) is 1.08. The van der Waals surface area contributed by atoms with Crippen LogP contribution >= 0.6 is 0 Å². The van der Waals surface area contributed by atoms with Crippen molar-refractivity contribution in [3.8, 4) is 0 Å². The maximum atomic E-state index is 5.28. The standard InChI is InChI=1S/C7H10O2/c1-2-4-7-6(3-1)8-5-9-7/h1-2,6-7H,3-5H2. The lowest BCUT2D eigenvalue weighted by molar-refractivity contribution is 0.0403. The highest BCUT2D eigenvalue weighted by atomic mass is 16.7. The average molecular weight is 126 g/mol. The van der Waals surface area contributed by atoms with E-state index < -0.39 is 0 Å². The first-order valence-electron chi connectivity index (χ1n) is 3.35. The van der Waals surface area contributed by atoms with Crippen molar-refractivity contribution in [3.63, 3.8) is 0 Å². The molecule has 2 unspecified atom stereocenters. The molecule has 1 heterocycles. The maximum Gasteiger partial charge on any atom is 0.147 e. The summed E-state index contributed by atoms with van der Waals surface area (Å²) in [5, 5.41) is 0. The van der Waals surface area contributed by atoms with Crippen molar-refractivity contribution >= 4 is 0 Å². The molecule has 0 aromatic rings. The van der Waals surface area contributed by atoms with Crippen LogP contribution in [0.5, 0.6) is 0 Å². The quantitative estimate of drug-likeness (QED) is 0.452. The molecule has 0 N–H and O–H groups in total. The summed E-state index contributed by atoms with van der Waals surface area (Å²) >= 11 is 0. The largest absolute Gasteiger partial charge is 0.349 e. The first kappa shape index (κ1) is 5.45. The second kappa shape index (κ2) is 2.12. The van der Waals surface area contributed by atoms with Gasteiger partial charge in [-0.25, -0.2) is 0 Å². The molecule has 2 heteroatoms. The number of hydrogen-bond donors (Lipinski definition) is 0. The zero-order valence-electron chi connectivity index (χ0n) is 5.25. The van der Waals surface area contributed by atoms with Crippen molar-refractivity contribution in [2.24, 2.45) is 0 Å². The van der Waals surface area contributed by atoms with Crippen LogP contribution in [0, 0.1) is 0 Å². The molecular weight excluding hydrogens is 116 g/mol. The molecule has 0 saturated carbocycles. The van der Waals surface area contributed by atoms with Gasteiger partial charge in [-0.15, -0.1) is 0 Å². The molecule has 0 aromatic heterocycles. The molecule has 2 atom stereocenters. The third kappa shape index (κ3) is 0.884. The molecule has 0 amide bonds. The van der Waals surface area contributed by atoms with Crippen molar-refractivity contribution in [2.45, 2.75) is 25.0 Å². The Morgan fingerprint density at radius 2 is 1.56 bits per heavy atom. The maximum absolute atomic E-state index is 5.28. The van der Waals surface area contributed by atoms with Crippen LogP contribution in [-0.4, -0.2) is 19.0 Å². The molecule has 1 saturated heterocycles. The van der Waals surface area contributed by atoms with E-state index in [0.717, 1.165) is 12.8 Å². The molecule has 1 aliphatic carbocycles. The van der Waals surface area contributed by atoms with Crippen LogP contribution in [0.3, 0.4) is 0 Å². The summed E-state index contributed by atoms with van der Waals surface area (Å²) in [4.78, 5) is 0. The van der Waals surface area contributed by atoms with Crippen LogP contribution in [0.4, 0.5) is 0 Å². The fraction of sp³-hybridized carbons (Fsp3) is 0.714. The van der Waals surface area contributed by atoms with Crippen LogP contribution in [0.1, 0.15) is 12.8 Å². The Labute approximate surface area is 54.5 Å². The van der Waals surface area contributed by atoms with Gasteiger partial charge in [-0.1, -0.05) is 12.2 Å². The summed E-state index contributed by atoms with van der Waals surface area (Å²) in [5.41, 5.74) is 0. The molecule has 2 aliphatic rings. The Balaban J connectivity index is 2.07. The van der Waals surface area contributed by atoms with Gasteiger partial charge >= 0.3 is 0 Å². The highest BCUT2D eigenvalue weighted by Crippen LogP contribution is 2.23. The smallest absolute Gasteiger partial charge is 0.147 e. The van der Waals surface area contributed by atoms with E-state index in [4.69, 9.17) is 9.47 Å². The third-order valence-corrected chi connectivity index (χ3v) is 1.88. The fourth-order valence-corrected chi connectivity index (χ4v) is 1.33. The SMILES string of the molecule is C1=CCC2OCOC2C1. The molecule has 1 aliphatic heterocycles. The topological polar surface area (TPSA) is 18.5 Å². The molecule has 0 bridgehead atoms. The molecular formula is C7H10O2. The Hall–Kier alpha value is -0.340. The molecule has 9 heavy (non-hydrogen) atoms. The second-order valence-electron chi connectivity index (χ2n) is 2.47. The Morgan fingerprint density at radius 1 is 1.00 bits per heavy atom. The second-order valence-corrected chi connectivity index (χ2v) is 2.47. The van der Waals surface area contributed by atoms with E-state index in [0.29, 0.717) is 19.0 Å². The van der Waals surface area contributed by atoms with Crippen LogP contribution in [0.15, 0.2) is 12.2 Å². The van der Waals surface area contributed by atoms with E-state index in [1.165, 1.54) is 0 Å². The van der Waals surface area contributed by atoms with Crippen molar-refractivity contribution in [2.75, 3.05) is 6.79 Å². The lowest BCUT2D eigenvalue weighted by atomic mass is 10.0. The van der Waals surface area contributed by atoms with Gasteiger partial charge < -0.3 is 9.47 Å². The van der Waals surface area contributed by atoms with Crippen molar-refractivity contribution < 1.29 is 9.47 Å². The fourth-order valence-electron chi connectivity index (χ4n) is 1.33. The van der Waals surface area contributed by atoms with Gasteiger partial charge in [0.2, 0.25) is 0 Å². The lowest BCUT2D eigenvalue weighted by Crippen LogP contribution is -2.23. The van der Waals surface area contributed by atoms with Gasteiger partial charge in [-0.05, 0) is 12.8 Å². The summed E-state index contributed by atoms with van der Waals surface area (Å²) in [7, 11) is 0. The number of fused-ring (bicyclic) bond motifs is 1. The van der Waals surface area contributed by atoms with Crippen LogP contribution in [0.25, 0.3) is 0 Å². The molecule has 2 nitrogen and oxygen atoms in total. The normalized spacial score (nSPS) is 40.9. The van der Waals surface area contributed by atoms with Crippen LogP contribution in [-0.2, 0) is 9.47 Å². The summed E-state index contributed by atoms with van der Waals surface area (Å²) in [5.74, 6) is 0. The van der Waals surface area contributed by atoms with E-state index in [9.17, 15) is 0 Å². The van der Waals surface area contributed by atoms with Gasteiger partial charge in [0.15, 0.2) is 0 Å². The third-order valence-electron chi connectivity index (χ3n) is 1.88. The zero-order chi connectivity index (χ0) is 6.10. The molecule has 1 fully saturated rings. The van der Waals surface area contributed by atoms with Gasteiger partial charge in [0, 0.05) is 0 Å². The van der Waals surface area contributed by atoms with Gasteiger partial charge in [0.05, 0.1) is 12.2 Å². The minimum atomic E-state index is 0.356. The summed E-state index contributed by atoms with van der Waals surface area (Å²) in [6.07, 6.45) is 7.10. The Morgan fingerprint density at radius 3 is 2.11 bits per heavy atom. The van der Waals surface area contributed by atoms with E-state index >= 15 is 0 Å². The Bertz CT molecular complexity index is 117. The molecule has 0 spiro atoms. The van der Waals surface area contributed by atoms with Gasteiger partial charge in [0.1, 0.15) is 6.79 Å². The zero-order valence-corrected chi connectivity index (χ0v) is 5.25. The van der Waals surface area contributed by atoms with Gasteiger partial charge in [-0.3, -0.25) is 0 Å². The van der Waals surface area contributed by atoms with E-state index in [2.05, 4.69) is 12.2 Å². The van der Waals surface area contributed by atoms with E-state index in [1.54, 1.807) is 0 Å². The van der Waals surface area contributed by atoms with E-state index in [1.807, 2.05) is 0 Å². The molecule has 0 radical (unpaired) electrons. The number of rotatable bonds is 0. The average Bonchev–Trinajstić information content (AvgIpc) is 2.33. The highest BCUT2D eigenvalue weighted by molar-refractivity contribution is 4.97. The first-order valence-corrected chi connectivity index (χ1v) is 3.35. The summed E-state index contributed by atoms with van der Waals surface area (Å²) in [6.45, 7) is 0.497. The van der Waals surface area contributed by atoms with Gasteiger partial charge in [0.25, 0.3) is 0 Å². The van der Waals surface area contributed by atoms with Crippen LogP contribution < -0.4 is 0 Å². The summed E-state index contributed by atoms with van der Waals surface area (Å²) in [6, 6.07) is 0. The molecule has 2 rings (SSSR count). The van der Waals surface area contributed by atoms with Crippen molar-refractivity contribution in [1.29, 1.82) is 0 Å². The molecule has 0 aromatic carbocycles. The molecule has 50 valence electrons. The minimum absolute atomic E-state index is 0.356. The number of hydrogen-bond acceptors (Lipinski definition) is 2. The predicted molar refractivity (Wildman–Crippen MR) is 33.0 cm³/mol. The lowest BCUT2D eigenvalue weighted by Gasteiger charge is -2.16. The van der Waals surface area contributed by atoms with E-state index in [-0.39, 0.29) is 0 Å². The monoisotopic (exact) mass is 126 g/mol. The number of ether oxygens (including phenoxy) is 2. The van der Waals surface area contributed by atoms with Crippen molar-refractivity contribution in [1.82, 2.24) is 0 Å². The van der Waals surface area contributed by atoms with Crippen LogP contribution in [0.2, 0.25) is 0 Å². The minimum Gasteiger partial charge on any atom is -0.349 e. The Kier molecular flexibility index (Phi) is 1.28. The first-order chi connectivity index (χ1) is 4.47. The summed E-state index contributed by atoms with van der Waals surface area (Å²) < 4.78 is 10.6. The van der Waals surface area contributed by atoms with Crippen molar-refractivity contribution in [3.05, 3.63) is 12.2 Å². The van der Waals surface area contributed by atoms with Gasteiger partial charge in [-0.2, -0.15) is 0 Å².